The van der Waals surface area contributed by atoms with Gasteiger partial charge >= 0.3 is 0 Å². The molecule has 3 heteroatoms. The normalized spacial score (nSPS) is 12.6. The minimum Gasteiger partial charge on any atom is -0.383 e. The van der Waals surface area contributed by atoms with Gasteiger partial charge in [0.1, 0.15) is 6.10 Å². The molecule has 0 amide bonds. The van der Waals surface area contributed by atoms with E-state index >= 15 is 0 Å². The summed E-state index contributed by atoms with van der Waals surface area (Å²) in [5.41, 5.74) is 2.74. The van der Waals surface area contributed by atoms with E-state index in [9.17, 15) is 5.11 Å². The number of hydrogen-bond donors (Lipinski definition) is 1. The van der Waals surface area contributed by atoms with Gasteiger partial charge in [0.25, 0.3) is 0 Å². The lowest BCUT2D eigenvalue weighted by Gasteiger charge is -2.14. The molecule has 0 fully saturated rings. The van der Waals surface area contributed by atoms with Crippen LogP contribution in [0, 0.1) is 0 Å². The fourth-order valence-corrected chi connectivity index (χ4v) is 1.74. The summed E-state index contributed by atoms with van der Waals surface area (Å²) in [5.74, 6) is 0. The number of rotatable bonds is 4. The summed E-state index contributed by atoms with van der Waals surface area (Å²) in [6.07, 6.45) is 4.66. The minimum atomic E-state index is -0.694. The number of anilines is 1. The van der Waals surface area contributed by atoms with Gasteiger partial charge in [-0.15, -0.1) is 0 Å². The zero-order valence-electron chi connectivity index (χ0n) is 11.2. The topological polar surface area (TPSA) is 36.4 Å². The van der Waals surface area contributed by atoms with Crippen molar-refractivity contribution < 1.29 is 5.11 Å². The van der Waals surface area contributed by atoms with Crippen LogP contribution in [0.1, 0.15) is 17.4 Å². The summed E-state index contributed by atoms with van der Waals surface area (Å²) >= 11 is 0. The molecule has 1 atom stereocenters. The molecule has 0 bridgehead atoms. The van der Waals surface area contributed by atoms with Crippen LogP contribution in [-0.2, 0) is 0 Å². The molecule has 0 radical (unpaired) electrons. The molecule has 1 aromatic carbocycles. The van der Waals surface area contributed by atoms with E-state index in [1.165, 1.54) is 0 Å². The van der Waals surface area contributed by atoms with Gasteiger partial charge in [-0.05, 0) is 23.8 Å². The monoisotopic (exact) mass is 254 g/mol. The second-order valence-corrected chi connectivity index (χ2v) is 4.55. The van der Waals surface area contributed by atoms with Crippen molar-refractivity contribution in [1.29, 1.82) is 0 Å². The summed E-state index contributed by atoms with van der Waals surface area (Å²) < 4.78 is 0. The highest BCUT2D eigenvalue weighted by molar-refractivity contribution is 5.51. The summed E-state index contributed by atoms with van der Waals surface area (Å²) in [7, 11) is 3.93. The van der Waals surface area contributed by atoms with E-state index in [0.29, 0.717) is 5.69 Å². The van der Waals surface area contributed by atoms with Crippen LogP contribution in [0.15, 0.2) is 54.7 Å². The number of aromatic nitrogens is 1. The lowest BCUT2D eigenvalue weighted by Crippen LogP contribution is -2.09. The van der Waals surface area contributed by atoms with E-state index in [4.69, 9.17) is 0 Å². The molecule has 0 saturated heterocycles. The van der Waals surface area contributed by atoms with Crippen molar-refractivity contribution in [2.45, 2.75) is 6.10 Å². The minimum absolute atomic E-state index is 0.651. The summed E-state index contributed by atoms with van der Waals surface area (Å²) in [4.78, 5) is 6.19. The molecule has 0 aliphatic rings. The summed E-state index contributed by atoms with van der Waals surface area (Å²) in [6, 6.07) is 13.7. The first kappa shape index (κ1) is 13.3. The lowest BCUT2D eigenvalue weighted by atomic mass is 10.1. The van der Waals surface area contributed by atoms with Crippen molar-refractivity contribution in [2.75, 3.05) is 19.0 Å². The highest BCUT2D eigenvalue weighted by atomic mass is 16.3. The van der Waals surface area contributed by atoms with E-state index in [1.54, 1.807) is 12.3 Å². The molecule has 1 N–H and O–H groups in total. The second kappa shape index (κ2) is 6.16. The molecule has 0 saturated carbocycles. The van der Waals surface area contributed by atoms with Gasteiger partial charge in [-0.1, -0.05) is 36.4 Å². The van der Waals surface area contributed by atoms with Crippen LogP contribution in [0.4, 0.5) is 5.69 Å². The van der Waals surface area contributed by atoms with Crippen LogP contribution < -0.4 is 4.90 Å². The Morgan fingerprint density at radius 1 is 1.16 bits per heavy atom. The summed E-state index contributed by atoms with van der Waals surface area (Å²) in [6.45, 7) is 0. The Kier molecular flexibility index (Phi) is 4.31. The quantitative estimate of drug-likeness (QED) is 0.911. The van der Waals surface area contributed by atoms with Crippen LogP contribution in [0.2, 0.25) is 0 Å². The van der Waals surface area contributed by atoms with E-state index in [-0.39, 0.29) is 0 Å². The molecule has 1 aromatic heterocycles. The highest BCUT2D eigenvalue weighted by Gasteiger charge is 2.06. The zero-order valence-corrected chi connectivity index (χ0v) is 11.2. The van der Waals surface area contributed by atoms with Crippen molar-refractivity contribution in [1.82, 2.24) is 4.98 Å². The standard InChI is InChI=1S/C16H18N2O/c1-18(2)14-10-11-17-15(12-14)16(19)9-8-13-6-4-3-5-7-13/h3-12,16,19H,1-2H3/b9-8+. The number of benzene rings is 1. The number of hydrogen-bond acceptors (Lipinski definition) is 3. The second-order valence-electron chi connectivity index (χ2n) is 4.55. The maximum absolute atomic E-state index is 10.1. The third-order valence-corrected chi connectivity index (χ3v) is 2.85. The van der Waals surface area contributed by atoms with Gasteiger partial charge in [-0.25, -0.2) is 0 Å². The maximum atomic E-state index is 10.1. The Labute approximate surface area is 113 Å². The van der Waals surface area contributed by atoms with Crippen LogP contribution >= 0.6 is 0 Å². The van der Waals surface area contributed by atoms with Gasteiger partial charge in [-0.3, -0.25) is 4.98 Å². The van der Waals surface area contributed by atoms with Crippen molar-refractivity contribution in [2.24, 2.45) is 0 Å². The van der Waals surface area contributed by atoms with Crippen molar-refractivity contribution in [3.05, 3.63) is 66.0 Å². The van der Waals surface area contributed by atoms with Gasteiger partial charge in [-0.2, -0.15) is 0 Å². The highest BCUT2D eigenvalue weighted by Crippen LogP contribution is 2.18. The predicted octanol–water partition coefficient (Wildman–Crippen LogP) is 2.89. The van der Waals surface area contributed by atoms with Crippen LogP contribution in [0.25, 0.3) is 6.08 Å². The Hall–Kier alpha value is -2.13. The van der Waals surface area contributed by atoms with Crippen molar-refractivity contribution >= 4 is 11.8 Å². The van der Waals surface area contributed by atoms with Crippen molar-refractivity contribution in [3.63, 3.8) is 0 Å². The van der Waals surface area contributed by atoms with E-state index in [1.807, 2.05) is 67.5 Å². The zero-order chi connectivity index (χ0) is 13.7. The molecule has 3 nitrogen and oxygen atoms in total. The van der Waals surface area contributed by atoms with E-state index in [0.717, 1.165) is 11.3 Å². The Bertz CT molecular complexity index is 550. The molecule has 19 heavy (non-hydrogen) atoms. The smallest absolute Gasteiger partial charge is 0.114 e. The Balaban J connectivity index is 2.14. The van der Waals surface area contributed by atoms with Gasteiger partial charge in [0.05, 0.1) is 5.69 Å². The van der Waals surface area contributed by atoms with Crippen molar-refractivity contribution in [3.8, 4) is 0 Å². The number of nitrogens with zero attached hydrogens (tertiary/aromatic N) is 2. The van der Waals surface area contributed by atoms with Crippen LogP contribution in [0.3, 0.4) is 0 Å². The molecule has 0 aliphatic carbocycles. The molecular formula is C16H18N2O. The van der Waals surface area contributed by atoms with Gasteiger partial charge in [0.2, 0.25) is 0 Å². The third-order valence-electron chi connectivity index (χ3n) is 2.85. The molecule has 2 rings (SSSR count). The molecule has 1 heterocycles. The summed E-state index contributed by atoms with van der Waals surface area (Å²) in [5, 5.41) is 10.1. The number of aliphatic hydroxyl groups is 1. The fraction of sp³-hybridized carbons (Fsp3) is 0.188. The van der Waals surface area contributed by atoms with Gasteiger partial charge in [0.15, 0.2) is 0 Å². The third kappa shape index (κ3) is 3.66. The van der Waals surface area contributed by atoms with Crippen LogP contribution in [0.5, 0.6) is 0 Å². The molecule has 0 aliphatic heterocycles. The molecule has 98 valence electrons. The van der Waals surface area contributed by atoms with Gasteiger partial charge in [0, 0.05) is 26.0 Å². The largest absolute Gasteiger partial charge is 0.383 e. The first-order valence-corrected chi connectivity index (χ1v) is 6.21. The SMILES string of the molecule is CN(C)c1ccnc(C(O)/C=C/c2ccccc2)c1. The van der Waals surface area contributed by atoms with Crippen LogP contribution in [-0.4, -0.2) is 24.2 Å². The fourth-order valence-electron chi connectivity index (χ4n) is 1.74. The van der Waals surface area contributed by atoms with E-state index < -0.39 is 6.10 Å². The van der Waals surface area contributed by atoms with E-state index in [2.05, 4.69) is 4.98 Å². The molecular weight excluding hydrogens is 236 g/mol. The molecule has 1 unspecified atom stereocenters. The first-order valence-electron chi connectivity index (χ1n) is 6.21. The molecule has 0 spiro atoms. The predicted molar refractivity (Wildman–Crippen MR) is 79.0 cm³/mol. The Morgan fingerprint density at radius 3 is 2.58 bits per heavy atom. The number of pyridine rings is 1. The van der Waals surface area contributed by atoms with Gasteiger partial charge < -0.3 is 10.0 Å². The number of aliphatic hydroxyl groups excluding tert-OH is 1. The molecule has 2 aromatic rings. The maximum Gasteiger partial charge on any atom is 0.114 e. The Morgan fingerprint density at radius 2 is 1.89 bits per heavy atom. The average molecular weight is 254 g/mol. The average Bonchev–Trinajstić information content (AvgIpc) is 2.46. The first-order chi connectivity index (χ1) is 9.16. The lowest BCUT2D eigenvalue weighted by molar-refractivity contribution is 0.224.